The van der Waals surface area contributed by atoms with E-state index >= 15 is 0 Å². The molecule has 0 bridgehead atoms. The molecule has 0 saturated heterocycles. The molecule has 1 atom stereocenters. The van der Waals surface area contributed by atoms with Crippen LogP contribution in [0.2, 0.25) is 0 Å². The van der Waals surface area contributed by atoms with Crippen LogP contribution in [0.1, 0.15) is 46.5 Å². The van der Waals surface area contributed by atoms with E-state index in [4.69, 9.17) is 9.84 Å². The second-order valence-electron chi connectivity index (χ2n) is 4.27. The van der Waals surface area contributed by atoms with Gasteiger partial charge in [0.2, 0.25) is 5.91 Å². The van der Waals surface area contributed by atoms with Crippen LogP contribution in [0.5, 0.6) is 0 Å². The zero-order chi connectivity index (χ0) is 13.3. The van der Waals surface area contributed by atoms with Crippen molar-refractivity contribution in [2.45, 2.75) is 58.6 Å². The Morgan fingerprint density at radius 1 is 1.35 bits per heavy atom. The predicted octanol–water partition coefficient (Wildman–Crippen LogP) is 1.56. The van der Waals surface area contributed by atoms with E-state index in [9.17, 15) is 9.59 Å². The molecule has 0 saturated carbocycles. The highest BCUT2D eigenvalue weighted by Crippen LogP contribution is 2.01. The molecule has 0 rings (SSSR count). The van der Waals surface area contributed by atoms with Gasteiger partial charge in [-0.05, 0) is 20.3 Å². The molecular weight excluding hydrogens is 222 g/mol. The molecule has 100 valence electrons. The van der Waals surface area contributed by atoms with Crippen molar-refractivity contribution >= 4 is 11.9 Å². The summed E-state index contributed by atoms with van der Waals surface area (Å²) in [6.07, 6.45) is 2.46. The second-order valence-corrected chi connectivity index (χ2v) is 4.27. The van der Waals surface area contributed by atoms with Crippen LogP contribution in [0.3, 0.4) is 0 Å². The van der Waals surface area contributed by atoms with E-state index in [1.54, 1.807) is 0 Å². The smallest absolute Gasteiger partial charge is 0.326 e. The SMILES string of the molecule is CCCC[C@H](NC(=O)CCOC(C)C)C(=O)O. The van der Waals surface area contributed by atoms with Gasteiger partial charge in [-0.25, -0.2) is 4.79 Å². The van der Waals surface area contributed by atoms with Crippen molar-refractivity contribution in [3.05, 3.63) is 0 Å². The fraction of sp³-hybridized carbons (Fsp3) is 0.833. The highest BCUT2D eigenvalue weighted by Gasteiger charge is 2.18. The van der Waals surface area contributed by atoms with Crippen LogP contribution >= 0.6 is 0 Å². The first-order valence-corrected chi connectivity index (χ1v) is 6.11. The Bertz CT molecular complexity index is 241. The van der Waals surface area contributed by atoms with Crippen molar-refractivity contribution in [3.8, 4) is 0 Å². The van der Waals surface area contributed by atoms with Gasteiger partial charge in [0.1, 0.15) is 6.04 Å². The summed E-state index contributed by atoms with van der Waals surface area (Å²) < 4.78 is 5.23. The molecule has 0 fully saturated rings. The first-order chi connectivity index (χ1) is 7.97. The number of aliphatic carboxylic acids is 1. The molecule has 17 heavy (non-hydrogen) atoms. The molecule has 0 heterocycles. The quantitative estimate of drug-likeness (QED) is 0.646. The number of nitrogens with one attached hydrogen (secondary N) is 1. The van der Waals surface area contributed by atoms with Gasteiger partial charge in [-0.15, -0.1) is 0 Å². The zero-order valence-electron chi connectivity index (χ0n) is 10.9. The summed E-state index contributed by atoms with van der Waals surface area (Å²) in [7, 11) is 0. The highest BCUT2D eigenvalue weighted by molar-refractivity contribution is 5.83. The summed E-state index contributed by atoms with van der Waals surface area (Å²) >= 11 is 0. The van der Waals surface area contributed by atoms with E-state index in [0.29, 0.717) is 13.0 Å². The molecule has 0 aromatic heterocycles. The Balaban J connectivity index is 3.91. The lowest BCUT2D eigenvalue weighted by Gasteiger charge is -2.14. The third-order valence-corrected chi connectivity index (χ3v) is 2.26. The van der Waals surface area contributed by atoms with Crippen molar-refractivity contribution in [1.29, 1.82) is 0 Å². The largest absolute Gasteiger partial charge is 0.480 e. The van der Waals surface area contributed by atoms with Gasteiger partial charge >= 0.3 is 5.97 Å². The number of carboxylic acid groups (broad SMARTS) is 1. The monoisotopic (exact) mass is 245 g/mol. The molecule has 5 nitrogen and oxygen atoms in total. The minimum Gasteiger partial charge on any atom is -0.480 e. The number of hydrogen-bond acceptors (Lipinski definition) is 3. The van der Waals surface area contributed by atoms with Gasteiger partial charge in [-0.1, -0.05) is 19.8 Å². The predicted molar refractivity (Wildman–Crippen MR) is 64.8 cm³/mol. The van der Waals surface area contributed by atoms with Crippen molar-refractivity contribution in [1.82, 2.24) is 5.32 Å². The molecule has 0 aliphatic rings. The number of amides is 1. The summed E-state index contributed by atoms with van der Waals surface area (Å²) in [4.78, 5) is 22.3. The Morgan fingerprint density at radius 3 is 2.47 bits per heavy atom. The maximum absolute atomic E-state index is 11.4. The van der Waals surface area contributed by atoms with Crippen LogP contribution in [0.15, 0.2) is 0 Å². The molecule has 1 amide bonds. The molecule has 5 heteroatoms. The van der Waals surface area contributed by atoms with Crippen LogP contribution in [-0.2, 0) is 14.3 Å². The maximum Gasteiger partial charge on any atom is 0.326 e. The topological polar surface area (TPSA) is 75.6 Å². The molecule has 0 aromatic carbocycles. The number of hydrogen-bond donors (Lipinski definition) is 2. The lowest BCUT2D eigenvalue weighted by atomic mass is 10.1. The van der Waals surface area contributed by atoms with Crippen LogP contribution in [0.4, 0.5) is 0 Å². The van der Waals surface area contributed by atoms with Crippen LogP contribution in [0, 0.1) is 0 Å². The number of carboxylic acids is 1. The third-order valence-electron chi connectivity index (χ3n) is 2.26. The molecule has 0 spiro atoms. The van der Waals surface area contributed by atoms with Gasteiger partial charge in [0, 0.05) is 6.42 Å². The molecule has 0 aliphatic carbocycles. The standard InChI is InChI=1S/C12H23NO4/c1-4-5-6-10(12(15)16)13-11(14)7-8-17-9(2)3/h9-10H,4-8H2,1-3H3,(H,13,14)(H,15,16)/t10-/m0/s1. The van der Waals surface area contributed by atoms with E-state index < -0.39 is 12.0 Å². The lowest BCUT2D eigenvalue weighted by molar-refractivity contribution is -0.142. The summed E-state index contributed by atoms with van der Waals surface area (Å²) in [5.41, 5.74) is 0. The Labute approximate surface area is 103 Å². The van der Waals surface area contributed by atoms with Gasteiger partial charge < -0.3 is 15.2 Å². The van der Waals surface area contributed by atoms with Crippen molar-refractivity contribution in [3.63, 3.8) is 0 Å². The van der Waals surface area contributed by atoms with E-state index in [1.807, 2.05) is 20.8 Å². The van der Waals surface area contributed by atoms with Crippen molar-refractivity contribution < 1.29 is 19.4 Å². The first kappa shape index (κ1) is 15.9. The van der Waals surface area contributed by atoms with Crippen LogP contribution in [-0.4, -0.2) is 35.7 Å². The number of ether oxygens (including phenoxy) is 1. The van der Waals surface area contributed by atoms with Crippen LogP contribution in [0.25, 0.3) is 0 Å². The molecule has 0 aliphatic heterocycles. The summed E-state index contributed by atoms with van der Waals surface area (Å²) in [6, 6.07) is -0.776. The van der Waals surface area contributed by atoms with Crippen molar-refractivity contribution in [2.24, 2.45) is 0 Å². The third kappa shape index (κ3) is 8.68. The average Bonchev–Trinajstić information content (AvgIpc) is 2.23. The van der Waals surface area contributed by atoms with Gasteiger partial charge in [0.15, 0.2) is 0 Å². The van der Waals surface area contributed by atoms with Gasteiger partial charge in [-0.3, -0.25) is 4.79 Å². The fourth-order valence-electron chi connectivity index (χ4n) is 1.32. The molecule has 2 N–H and O–H groups in total. The Hall–Kier alpha value is -1.10. The number of carbonyl (C=O) groups is 2. The highest BCUT2D eigenvalue weighted by atomic mass is 16.5. The zero-order valence-corrected chi connectivity index (χ0v) is 10.9. The minimum absolute atomic E-state index is 0.0816. The maximum atomic E-state index is 11.4. The van der Waals surface area contributed by atoms with Gasteiger partial charge in [-0.2, -0.15) is 0 Å². The Kier molecular flexibility index (Phi) is 8.40. The Morgan fingerprint density at radius 2 is 2.00 bits per heavy atom. The van der Waals surface area contributed by atoms with E-state index in [1.165, 1.54) is 0 Å². The molecule has 0 radical (unpaired) electrons. The van der Waals surface area contributed by atoms with E-state index in [0.717, 1.165) is 12.8 Å². The molecular formula is C12H23NO4. The number of carbonyl (C=O) groups excluding carboxylic acids is 1. The second kappa shape index (κ2) is 8.98. The van der Waals surface area contributed by atoms with E-state index in [-0.39, 0.29) is 18.4 Å². The minimum atomic E-state index is -0.975. The summed E-state index contributed by atoms with van der Waals surface area (Å²) in [5.74, 6) is -1.24. The van der Waals surface area contributed by atoms with Crippen LogP contribution < -0.4 is 5.32 Å². The lowest BCUT2D eigenvalue weighted by Crippen LogP contribution is -2.41. The average molecular weight is 245 g/mol. The van der Waals surface area contributed by atoms with Crippen molar-refractivity contribution in [2.75, 3.05) is 6.61 Å². The summed E-state index contributed by atoms with van der Waals surface area (Å²) in [5, 5.41) is 11.4. The number of unbranched alkanes of at least 4 members (excludes halogenated alkanes) is 1. The number of rotatable bonds is 9. The molecule has 0 unspecified atom stereocenters. The first-order valence-electron chi connectivity index (χ1n) is 6.11. The molecule has 0 aromatic rings. The van der Waals surface area contributed by atoms with Gasteiger partial charge in [0.05, 0.1) is 12.7 Å². The van der Waals surface area contributed by atoms with E-state index in [2.05, 4.69) is 5.32 Å². The normalized spacial score (nSPS) is 12.5. The fourth-order valence-corrected chi connectivity index (χ4v) is 1.32. The van der Waals surface area contributed by atoms with Gasteiger partial charge in [0.25, 0.3) is 0 Å². The summed E-state index contributed by atoms with van der Waals surface area (Å²) in [6.45, 7) is 6.08.